The van der Waals surface area contributed by atoms with Crippen LogP contribution in [-0.4, -0.2) is 17.9 Å². The van der Waals surface area contributed by atoms with Crippen molar-refractivity contribution >= 4 is 5.78 Å². The zero-order valence-corrected chi connectivity index (χ0v) is 10.4. The molecule has 3 nitrogen and oxygen atoms in total. The molecule has 0 unspecified atom stereocenters. The maximum absolute atomic E-state index is 12.6. The Bertz CT molecular complexity index is 638. The van der Waals surface area contributed by atoms with Crippen molar-refractivity contribution in [1.29, 1.82) is 0 Å². The van der Waals surface area contributed by atoms with Crippen LogP contribution in [0.5, 0.6) is 5.75 Å². The van der Waals surface area contributed by atoms with Crippen molar-refractivity contribution in [3.63, 3.8) is 0 Å². The third-order valence-corrected chi connectivity index (χ3v) is 2.66. The average Bonchev–Trinajstić information content (AvgIpc) is 2.45. The molecular formula is C14H10F3NO2. The first-order chi connectivity index (χ1) is 9.43. The molecule has 0 spiro atoms. The van der Waals surface area contributed by atoms with Gasteiger partial charge in [0, 0.05) is 11.8 Å². The summed E-state index contributed by atoms with van der Waals surface area (Å²) in [6.45, 7) is 0. The van der Waals surface area contributed by atoms with Gasteiger partial charge in [-0.1, -0.05) is 12.1 Å². The Morgan fingerprint density at radius 2 is 1.95 bits per heavy atom. The summed E-state index contributed by atoms with van der Waals surface area (Å²) in [5.74, 6) is -0.400. The maximum atomic E-state index is 12.6. The summed E-state index contributed by atoms with van der Waals surface area (Å²) in [5, 5.41) is 0. The van der Waals surface area contributed by atoms with E-state index in [-0.39, 0.29) is 17.0 Å². The van der Waals surface area contributed by atoms with E-state index in [1.165, 1.54) is 31.5 Å². The van der Waals surface area contributed by atoms with E-state index in [0.717, 1.165) is 12.1 Å². The fourth-order valence-corrected chi connectivity index (χ4v) is 1.70. The third kappa shape index (κ3) is 2.79. The average molecular weight is 281 g/mol. The molecule has 0 amide bonds. The van der Waals surface area contributed by atoms with E-state index in [0.29, 0.717) is 0 Å². The number of halogens is 3. The molecule has 0 N–H and O–H groups in total. The SMILES string of the molecule is COc1cccnc1C(=O)c1cccc(C(F)(F)F)c1. The molecular weight excluding hydrogens is 271 g/mol. The molecule has 0 radical (unpaired) electrons. The van der Waals surface area contributed by atoms with E-state index in [4.69, 9.17) is 4.74 Å². The Labute approximate surface area is 113 Å². The van der Waals surface area contributed by atoms with Crippen LogP contribution < -0.4 is 4.74 Å². The minimum Gasteiger partial charge on any atom is -0.494 e. The molecule has 0 bridgehead atoms. The molecule has 1 heterocycles. The highest BCUT2D eigenvalue weighted by atomic mass is 19.4. The second-order valence-corrected chi connectivity index (χ2v) is 3.96. The lowest BCUT2D eigenvalue weighted by molar-refractivity contribution is -0.137. The molecule has 2 aromatic rings. The number of alkyl halides is 3. The fourth-order valence-electron chi connectivity index (χ4n) is 1.70. The zero-order valence-electron chi connectivity index (χ0n) is 10.4. The standard InChI is InChI=1S/C14H10F3NO2/c1-20-11-6-3-7-18-12(11)13(19)9-4-2-5-10(8-9)14(15,16)17/h2-8H,1H3. The monoisotopic (exact) mass is 281 g/mol. The normalized spacial score (nSPS) is 11.2. The number of aromatic nitrogens is 1. The number of ketones is 1. The van der Waals surface area contributed by atoms with Gasteiger partial charge >= 0.3 is 6.18 Å². The number of methoxy groups -OCH3 is 1. The topological polar surface area (TPSA) is 39.2 Å². The number of nitrogens with zero attached hydrogens (tertiary/aromatic N) is 1. The van der Waals surface area contributed by atoms with Crippen LogP contribution in [0.4, 0.5) is 13.2 Å². The van der Waals surface area contributed by atoms with Gasteiger partial charge in [0.25, 0.3) is 0 Å². The van der Waals surface area contributed by atoms with Crippen molar-refractivity contribution in [3.05, 3.63) is 59.4 Å². The number of hydrogen-bond acceptors (Lipinski definition) is 3. The quantitative estimate of drug-likeness (QED) is 0.810. The molecule has 0 saturated carbocycles. The predicted molar refractivity (Wildman–Crippen MR) is 65.7 cm³/mol. The van der Waals surface area contributed by atoms with Gasteiger partial charge in [0.1, 0.15) is 5.75 Å². The van der Waals surface area contributed by atoms with E-state index >= 15 is 0 Å². The van der Waals surface area contributed by atoms with Crippen LogP contribution in [0.2, 0.25) is 0 Å². The van der Waals surface area contributed by atoms with Gasteiger partial charge in [-0.2, -0.15) is 13.2 Å². The molecule has 1 aromatic carbocycles. The first-order valence-corrected chi connectivity index (χ1v) is 5.64. The Morgan fingerprint density at radius 3 is 2.60 bits per heavy atom. The highest BCUT2D eigenvalue weighted by molar-refractivity contribution is 6.09. The van der Waals surface area contributed by atoms with E-state index in [1.54, 1.807) is 6.07 Å². The molecule has 0 fully saturated rings. The molecule has 6 heteroatoms. The second-order valence-electron chi connectivity index (χ2n) is 3.96. The molecule has 20 heavy (non-hydrogen) atoms. The lowest BCUT2D eigenvalue weighted by Gasteiger charge is -2.09. The third-order valence-electron chi connectivity index (χ3n) is 2.66. The summed E-state index contributed by atoms with van der Waals surface area (Å²) in [6.07, 6.45) is -3.12. The van der Waals surface area contributed by atoms with Crippen LogP contribution in [0, 0.1) is 0 Å². The molecule has 2 rings (SSSR count). The number of rotatable bonds is 3. The van der Waals surface area contributed by atoms with E-state index < -0.39 is 17.5 Å². The molecule has 0 atom stereocenters. The van der Waals surface area contributed by atoms with Crippen LogP contribution in [0.15, 0.2) is 42.6 Å². The Kier molecular flexibility index (Phi) is 3.74. The summed E-state index contributed by atoms with van der Waals surface area (Å²) in [7, 11) is 1.36. The minimum absolute atomic E-state index is 0.0191. The second kappa shape index (κ2) is 5.32. The molecule has 0 aliphatic carbocycles. The van der Waals surface area contributed by atoms with Crippen LogP contribution in [-0.2, 0) is 6.18 Å². The minimum atomic E-state index is -4.50. The number of ether oxygens (including phenoxy) is 1. The molecule has 0 saturated heterocycles. The summed E-state index contributed by atoms with van der Waals surface area (Å²) >= 11 is 0. The molecule has 0 aliphatic heterocycles. The first kappa shape index (κ1) is 14.0. The number of carbonyl (C=O) groups is 1. The van der Waals surface area contributed by atoms with Gasteiger partial charge in [0.15, 0.2) is 5.69 Å². The smallest absolute Gasteiger partial charge is 0.416 e. The van der Waals surface area contributed by atoms with Gasteiger partial charge in [-0.05, 0) is 24.3 Å². The van der Waals surface area contributed by atoms with Gasteiger partial charge in [-0.15, -0.1) is 0 Å². The molecule has 1 aromatic heterocycles. The van der Waals surface area contributed by atoms with Gasteiger partial charge < -0.3 is 4.74 Å². The zero-order chi connectivity index (χ0) is 14.8. The number of benzene rings is 1. The molecule has 104 valence electrons. The number of carbonyl (C=O) groups excluding carboxylic acids is 1. The maximum Gasteiger partial charge on any atom is 0.416 e. The van der Waals surface area contributed by atoms with Crippen LogP contribution in [0.25, 0.3) is 0 Å². The van der Waals surface area contributed by atoms with Crippen molar-refractivity contribution in [2.45, 2.75) is 6.18 Å². The first-order valence-electron chi connectivity index (χ1n) is 5.64. The van der Waals surface area contributed by atoms with Crippen molar-refractivity contribution < 1.29 is 22.7 Å². The van der Waals surface area contributed by atoms with Crippen molar-refractivity contribution in [1.82, 2.24) is 4.98 Å². The Balaban J connectivity index is 2.44. The van der Waals surface area contributed by atoms with Gasteiger partial charge in [0.2, 0.25) is 5.78 Å². The van der Waals surface area contributed by atoms with Gasteiger partial charge in [-0.25, -0.2) is 4.98 Å². The van der Waals surface area contributed by atoms with Gasteiger partial charge in [-0.3, -0.25) is 4.79 Å². The van der Waals surface area contributed by atoms with E-state index in [2.05, 4.69) is 4.98 Å². The predicted octanol–water partition coefficient (Wildman–Crippen LogP) is 3.34. The lowest BCUT2D eigenvalue weighted by Crippen LogP contribution is -2.10. The lowest BCUT2D eigenvalue weighted by atomic mass is 10.0. The Hall–Kier alpha value is -2.37. The number of hydrogen-bond donors (Lipinski definition) is 0. The van der Waals surface area contributed by atoms with E-state index in [1.807, 2.05) is 0 Å². The fraction of sp³-hybridized carbons (Fsp3) is 0.143. The summed E-state index contributed by atoms with van der Waals surface area (Å²) in [5.41, 5.74) is -0.982. The van der Waals surface area contributed by atoms with E-state index in [9.17, 15) is 18.0 Å². The largest absolute Gasteiger partial charge is 0.494 e. The molecule has 0 aliphatic rings. The summed E-state index contributed by atoms with van der Waals surface area (Å²) in [6, 6.07) is 7.30. The van der Waals surface area contributed by atoms with Crippen LogP contribution in [0.3, 0.4) is 0 Å². The highest BCUT2D eigenvalue weighted by Gasteiger charge is 2.31. The summed E-state index contributed by atoms with van der Waals surface area (Å²) in [4.78, 5) is 16.1. The van der Waals surface area contributed by atoms with Crippen LogP contribution in [0.1, 0.15) is 21.6 Å². The van der Waals surface area contributed by atoms with Crippen LogP contribution >= 0.6 is 0 Å². The van der Waals surface area contributed by atoms with Crippen molar-refractivity contribution in [2.24, 2.45) is 0 Å². The van der Waals surface area contributed by atoms with Crippen molar-refractivity contribution in [2.75, 3.05) is 7.11 Å². The van der Waals surface area contributed by atoms with Gasteiger partial charge in [0.05, 0.1) is 12.7 Å². The highest BCUT2D eigenvalue weighted by Crippen LogP contribution is 2.30. The summed E-state index contributed by atoms with van der Waals surface area (Å²) < 4.78 is 42.9. The van der Waals surface area contributed by atoms with Crippen molar-refractivity contribution in [3.8, 4) is 5.75 Å². The Morgan fingerprint density at radius 1 is 1.20 bits per heavy atom. The number of pyridine rings is 1.